The summed E-state index contributed by atoms with van der Waals surface area (Å²) < 4.78 is 5.34. The molecule has 3 heteroatoms. The highest BCUT2D eigenvalue weighted by Crippen LogP contribution is 2.48. The number of hydrogen-bond donors (Lipinski definition) is 0. The number of carbonyl (C=O) groups excluding carboxylic acids is 1. The fourth-order valence-electron chi connectivity index (χ4n) is 3.77. The zero-order chi connectivity index (χ0) is 14.0. The molecule has 0 heterocycles. The van der Waals surface area contributed by atoms with Gasteiger partial charge in [0.25, 0.3) is 0 Å². The van der Waals surface area contributed by atoms with Crippen molar-refractivity contribution in [3.63, 3.8) is 0 Å². The van der Waals surface area contributed by atoms with Crippen molar-refractivity contribution in [2.45, 2.75) is 58.5 Å². The minimum absolute atomic E-state index is 0.0766. The van der Waals surface area contributed by atoms with Gasteiger partial charge in [0.05, 0.1) is 6.42 Å². The van der Waals surface area contributed by atoms with Crippen LogP contribution in [0.5, 0.6) is 0 Å². The predicted octanol–water partition coefficient (Wildman–Crippen LogP) is 3.09. The molecule has 2 rings (SSSR count). The third-order valence-corrected chi connectivity index (χ3v) is 4.55. The molecule has 2 bridgehead atoms. The van der Waals surface area contributed by atoms with Crippen molar-refractivity contribution in [3.05, 3.63) is 0 Å². The van der Waals surface area contributed by atoms with Crippen molar-refractivity contribution in [3.8, 4) is 0 Å². The molecule has 2 fully saturated rings. The smallest absolute Gasteiger partial charge is 0.307 e. The van der Waals surface area contributed by atoms with Gasteiger partial charge in [-0.2, -0.15) is 0 Å². The summed E-state index contributed by atoms with van der Waals surface area (Å²) in [6.07, 6.45) is 6.29. The van der Waals surface area contributed by atoms with Gasteiger partial charge in [0.15, 0.2) is 0 Å². The van der Waals surface area contributed by atoms with Gasteiger partial charge in [-0.15, -0.1) is 0 Å². The van der Waals surface area contributed by atoms with Crippen LogP contribution in [0, 0.1) is 17.8 Å². The molecule has 3 atom stereocenters. The van der Waals surface area contributed by atoms with Crippen LogP contribution in [0.25, 0.3) is 0 Å². The summed E-state index contributed by atoms with van der Waals surface area (Å²) in [4.78, 5) is 14.0. The summed E-state index contributed by atoms with van der Waals surface area (Å²) in [6.45, 7) is 7.74. The Bertz CT molecular complexity index is 321. The van der Waals surface area contributed by atoms with Crippen LogP contribution in [-0.2, 0) is 9.53 Å². The number of nitrogens with zero attached hydrogens (tertiary/aromatic N) is 1. The lowest BCUT2D eigenvalue weighted by molar-refractivity contribution is -0.155. The lowest BCUT2D eigenvalue weighted by Gasteiger charge is -2.27. The van der Waals surface area contributed by atoms with Crippen molar-refractivity contribution in [2.75, 3.05) is 20.1 Å². The van der Waals surface area contributed by atoms with E-state index < -0.39 is 0 Å². The van der Waals surface area contributed by atoms with Crippen LogP contribution in [0.15, 0.2) is 0 Å². The molecule has 0 radical (unpaired) electrons. The summed E-state index contributed by atoms with van der Waals surface area (Å²) >= 11 is 0. The summed E-state index contributed by atoms with van der Waals surface area (Å²) in [5.41, 5.74) is -0.361. The first-order valence-corrected chi connectivity index (χ1v) is 7.74. The number of esters is 1. The van der Waals surface area contributed by atoms with Gasteiger partial charge < -0.3 is 9.64 Å². The van der Waals surface area contributed by atoms with Crippen molar-refractivity contribution >= 4 is 5.97 Å². The van der Waals surface area contributed by atoms with E-state index in [1.165, 1.54) is 25.7 Å². The van der Waals surface area contributed by atoms with E-state index in [4.69, 9.17) is 4.74 Å². The molecule has 2 aliphatic rings. The van der Waals surface area contributed by atoms with Gasteiger partial charge in [0, 0.05) is 13.1 Å². The second-order valence-corrected chi connectivity index (χ2v) is 7.53. The van der Waals surface area contributed by atoms with Crippen LogP contribution in [0.3, 0.4) is 0 Å². The molecule has 3 nitrogen and oxygen atoms in total. The molecule has 19 heavy (non-hydrogen) atoms. The van der Waals surface area contributed by atoms with Crippen LogP contribution in [-0.4, -0.2) is 36.6 Å². The van der Waals surface area contributed by atoms with E-state index in [2.05, 4.69) is 11.9 Å². The quantitative estimate of drug-likeness (QED) is 0.717. The Labute approximate surface area is 117 Å². The van der Waals surface area contributed by atoms with E-state index in [1.54, 1.807) is 0 Å². The highest BCUT2D eigenvalue weighted by atomic mass is 16.6. The van der Waals surface area contributed by atoms with Gasteiger partial charge in [-0.05, 0) is 64.8 Å². The first-order chi connectivity index (χ1) is 8.83. The van der Waals surface area contributed by atoms with E-state index in [1.807, 2.05) is 20.8 Å². The second kappa shape index (κ2) is 5.82. The van der Waals surface area contributed by atoms with E-state index in [0.29, 0.717) is 6.42 Å². The van der Waals surface area contributed by atoms with Crippen molar-refractivity contribution in [1.82, 2.24) is 4.90 Å². The lowest BCUT2D eigenvalue weighted by atomic mass is 9.88. The highest BCUT2D eigenvalue weighted by Gasteiger charge is 2.39. The Hall–Kier alpha value is -0.570. The van der Waals surface area contributed by atoms with Crippen LogP contribution in [0.1, 0.15) is 52.9 Å². The third-order valence-electron chi connectivity index (χ3n) is 4.55. The summed E-state index contributed by atoms with van der Waals surface area (Å²) in [5, 5.41) is 0. The van der Waals surface area contributed by atoms with Crippen LogP contribution in [0.2, 0.25) is 0 Å². The van der Waals surface area contributed by atoms with Crippen LogP contribution >= 0.6 is 0 Å². The molecule has 0 aromatic carbocycles. The largest absolute Gasteiger partial charge is 0.460 e. The molecule has 0 amide bonds. The highest BCUT2D eigenvalue weighted by molar-refractivity contribution is 5.70. The molecule has 0 aliphatic heterocycles. The number of carbonyl (C=O) groups is 1. The maximum atomic E-state index is 11.7. The number of ether oxygens (including phenoxy) is 1. The maximum absolute atomic E-state index is 11.7. The maximum Gasteiger partial charge on any atom is 0.307 e. The molecule has 2 aliphatic carbocycles. The molecule has 110 valence electrons. The molecule has 0 aromatic heterocycles. The van der Waals surface area contributed by atoms with Gasteiger partial charge in [0.1, 0.15) is 5.60 Å². The first kappa shape index (κ1) is 14.8. The molecule has 0 saturated heterocycles. The Morgan fingerprint density at radius 2 is 2.00 bits per heavy atom. The number of hydrogen-bond acceptors (Lipinski definition) is 3. The van der Waals surface area contributed by atoms with Gasteiger partial charge in [0.2, 0.25) is 0 Å². The zero-order valence-electron chi connectivity index (χ0n) is 12.9. The predicted molar refractivity (Wildman–Crippen MR) is 76.9 cm³/mol. The third kappa shape index (κ3) is 4.48. The molecule has 0 N–H and O–H groups in total. The van der Waals surface area contributed by atoms with Gasteiger partial charge >= 0.3 is 5.97 Å². The van der Waals surface area contributed by atoms with Crippen molar-refractivity contribution in [2.24, 2.45) is 17.8 Å². The summed E-state index contributed by atoms with van der Waals surface area (Å²) in [7, 11) is 2.14. The fourth-order valence-corrected chi connectivity index (χ4v) is 3.77. The lowest BCUT2D eigenvalue weighted by Crippen LogP contribution is -2.32. The molecule has 2 saturated carbocycles. The Morgan fingerprint density at radius 3 is 2.53 bits per heavy atom. The molecule has 0 aromatic rings. The minimum atomic E-state index is -0.361. The molecule has 3 unspecified atom stereocenters. The standard InChI is InChI=1S/C16H29NO2/c1-16(2,3)19-15(18)7-8-17(4)11-14-10-12-5-6-13(14)9-12/h12-14H,5-11H2,1-4H3. The normalized spacial score (nSPS) is 30.1. The molecular weight excluding hydrogens is 238 g/mol. The van der Waals surface area contributed by atoms with Gasteiger partial charge in [-0.3, -0.25) is 4.79 Å². The monoisotopic (exact) mass is 267 g/mol. The zero-order valence-corrected chi connectivity index (χ0v) is 12.9. The van der Waals surface area contributed by atoms with Gasteiger partial charge in [-0.1, -0.05) is 6.42 Å². The average molecular weight is 267 g/mol. The fraction of sp³-hybridized carbons (Fsp3) is 0.938. The molecular formula is C16H29NO2. The Kier molecular flexibility index (Phi) is 4.54. The van der Waals surface area contributed by atoms with E-state index in [0.717, 1.165) is 30.8 Å². The number of rotatable bonds is 5. The summed E-state index contributed by atoms with van der Waals surface area (Å²) in [5.74, 6) is 2.78. The van der Waals surface area contributed by atoms with Gasteiger partial charge in [-0.25, -0.2) is 0 Å². The number of fused-ring (bicyclic) bond motifs is 2. The van der Waals surface area contributed by atoms with Crippen LogP contribution in [0.4, 0.5) is 0 Å². The van der Waals surface area contributed by atoms with Crippen molar-refractivity contribution in [1.29, 1.82) is 0 Å². The first-order valence-electron chi connectivity index (χ1n) is 7.74. The SMILES string of the molecule is CN(CCC(=O)OC(C)(C)C)CC1CC2CCC1C2. The Morgan fingerprint density at radius 1 is 1.26 bits per heavy atom. The average Bonchev–Trinajstić information content (AvgIpc) is 2.85. The minimum Gasteiger partial charge on any atom is -0.460 e. The topological polar surface area (TPSA) is 29.5 Å². The van der Waals surface area contributed by atoms with E-state index >= 15 is 0 Å². The summed E-state index contributed by atoms with van der Waals surface area (Å²) in [6, 6.07) is 0. The van der Waals surface area contributed by atoms with Crippen LogP contribution < -0.4 is 0 Å². The Balaban J connectivity index is 1.65. The van der Waals surface area contributed by atoms with E-state index in [-0.39, 0.29) is 11.6 Å². The van der Waals surface area contributed by atoms with E-state index in [9.17, 15) is 4.79 Å². The van der Waals surface area contributed by atoms with Crippen molar-refractivity contribution < 1.29 is 9.53 Å². The molecule has 0 spiro atoms. The second-order valence-electron chi connectivity index (χ2n) is 7.53.